The summed E-state index contributed by atoms with van der Waals surface area (Å²) in [5.41, 5.74) is 0.610. The number of hydrogen-bond acceptors (Lipinski definition) is 4. The van der Waals surface area contributed by atoms with E-state index in [-0.39, 0.29) is 11.7 Å². The van der Waals surface area contributed by atoms with Crippen molar-refractivity contribution in [3.63, 3.8) is 0 Å². The number of hydrogen-bond donors (Lipinski definition) is 1. The number of carboxylic acid groups (broad SMARTS) is 1. The van der Waals surface area contributed by atoms with Gasteiger partial charge in [-0.2, -0.15) is 0 Å². The zero-order chi connectivity index (χ0) is 11.5. The summed E-state index contributed by atoms with van der Waals surface area (Å²) in [4.78, 5) is 15.2. The van der Waals surface area contributed by atoms with Crippen LogP contribution in [0.25, 0.3) is 0 Å². The highest BCUT2D eigenvalue weighted by molar-refractivity contribution is 5.85. The fraction of sp³-hybridized carbons (Fsp3) is 0.636. The van der Waals surface area contributed by atoms with Gasteiger partial charge in [-0.1, -0.05) is 0 Å². The van der Waals surface area contributed by atoms with Gasteiger partial charge in [-0.15, -0.1) is 0 Å². The van der Waals surface area contributed by atoms with Crippen LogP contribution in [0.3, 0.4) is 0 Å². The van der Waals surface area contributed by atoms with Crippen LogP contribution in [0.2, 0.25) is 0 Å². The highest BCUT2D eigenvalue weighted by atomic mass is 16.5. The third-order valence-corrected chi connectivity index (χ3v) is 2.52. The number of aromatic carboxylic acids is 1. The van der Waals surface area contributed by atoms with Gasteiger partial charge in [-0.05, 0) is 19.8 Å². The molecule has 0 saturated heterocycles. The molecule has 5 heteroatoms. The molecule has 2 rings (SSSR count). The number of nitrogens with zero attached hydrogens (tertiary/aromatic N) is 1. The van der Waals surface area contributed by atoms with Crippen molar-refractivity contribution in [2.45, 2.75) is 32.1 Å². The number of rotatable bonds is 6. The Hall–Kier alpha value is -1.36. The molecular weight excluding hydrogens is 210 g/mol. The number of oxazole rings is 1. The first-order valence-corrected chi connectivity index (χ1v) is 5.53. The lowest BCUT2D eigenvalue weighted by Crippen LogP contribution is -1.98. The predicted molar refractivity (Wildman–Crippen MR) is 55.6 cm³/mol. The minimum atomic E-state index is -1.03. The SMILES string of the molecule is CCOCCc1nc(C2CC2)c(C(=O)O)o1. The van der Waals surface area contributed by atoms with E-state index in [4.69, 9.17) is 14.3 Å². The average Bonchev–Trinajstić information content (AvgIpc) is 3.00. The molecule has 0 bridgehead atoms. The van der Waals surface area contributed by atoms with E-state index in [0.717, 1.165) is 12.8 Å². The molecule has 0 aromatic carbocycles. The molecule has 1 N–H and O–H groups in total. The second-order valence-electron chi connectivity index (χ2n) is 3.85. The first kappa shape index (κ1) is 11.1. The maximum atomic E-state index is 10.9. The molecule has 5 nitrogen and oxygen atoms in total. The van der Waals surface area contributed by atoms with Crippen molar-refractivity contribution >= 4 is 5.97 Å². The van der Waals surface area contributed by atoms with Gasteiger partial charge in [0, 0.05) is 18.9 Å². The second kappa shape index (κ2) is 4.65. The molecule has 1 aromatic rings. The van der Waals surface area contributed by atoms with Crippen molar-refractivity contribution in [1.82, 2.24) is 4.98 Å². The van der Waals surface area contributed by atoms with Gasteiger partial charge in [0.2, 0.25) is 5.76 Å². The molecule has 88 valence electrons. The largest absolute Gasteiger partial charge is 0.475 e. The molecule has 1 aliphatic rings. The van der Waals surface area contributed by atoms with Crippen LogP contribution in [0.4, 0.5) is 0 Å². The number of carbonyl (C=O) groups is 1. The molecule has 0 unspecified atom stereocenters. The molecule has 0 radical (unpaired) electrons. The first-order chi connectivity index (χ1) is 7.72. The minimum absolute atomic E-state index is 0.00833. The van der Waals surface area contributed by atoms with Gasteiger partial charge < -0.3 is 14.3 Å². The van der Waals surface area contributed by atoms with Crippen LogP contribution in [0, 0.1) is 0 Å². The second-order valence-corrected chi connectivity index (χ2v) is 3.85. The summed E-state index contributed by atoms with van der Waals surface area (Å²) in [5.74, 6) is -0.269. The van der Waals surface area contributed by atoms with Gasteiger partial charge in [0.05, 0.1) is 12.3 Å². The van der Waals surface area contributed by atoms with Crippen LogP contribution in [0.15, 0.2) is 4.42 Å². The molecule has 0 atom stereocenters. The van der Waals surface area contributed by atoms with Crippen molar-refractivity contribution in [1.29, 1.82) is 0 Å². The minimum Gasteiger partial charge on any atom is -0.475 e. The van der Waals surface area contributed by atoms with Crippen molar-refractivity contribution in [2.75, 3.05) is 13.2 Å². The highest BCUT2D eigenvalue weighted by Gasteiger charge is 2.33. The van der Waals surface area contributed by atoms with E-state index in [0.29, 0.717) is 31.2 Å². The summed E-state index contributed by atoms with van der Waals surface area (Å²) in [6, 6.07) is 0. The summed E-state index contributed by atoms with van der Waals surface area (Å²) in [7, 11) is 0. The van der Waals surface area contributed by atoms with Crippen molar-refractivity contribution in [3.8, 4) is 0 Å². The summed E-state index contributed by atoms with van der Waals surface area (Å²) in [5, 5.41) is 8.96. The monoisotopic (exact) mass is 225 g/mol. The van der Waals surface area contributed by atoms with Crippen molar-refractivity contribution in [3.05, 3.63) is 17.3 Å². The van der Waals surface area contributed by atoms with E-state index in [2.05, 4.69) is 4.98 Å². The molecular formula is C11H15NO4. The van der Waals surface area contributed by atoms with Crippen LogP contribution in [0.1, 0.15) is 47.8 Å². The number of aromatic nitrogens is 1. The normalized spacial score (nSPS) is 15.3. The fourth-order valence-electron chi connectivity index (χ4n) is 1.58. The summed E-state index contributed by atoms with van der Waals surface area (Å²) >= 11 is 0. The van der Waals surface area contributed by atoms with Gasteiger partial charge in [0.25, 0.3) is 0 Å². The Balaban J connectivity index is 2.08. The highest BCUT2D eigenvalue weighted by Crippen LogP contribution is 2.41. The third kappa shape index (κ3) is 2.41. The van der Waals surface area contributed by atoms with Crippen LogP contribution in [-0.2, 0) is 11.2 Å². The topological polar surface area (TPSA) is 72.6 Å². The summed E-state index contributed by atoms with van der Waals surface area (Å²) < 4.78 is 10.4. The Kier molecular flexibility index (Phi) is 3.24. The van der Waals surface area contributed by atoms with E-state index in [1.165, 1.54) is 0 Å². The van der Waals surface area contributed by atoms with Crippen LogP contribution in [0.5, 0.6) is 0 Å². The lowest BCUT2D eigenvalue weighted by Gasteiger charge is -1.95. The molecule has 16 heavy (non-hydrogen) atoms. The molecule has 1 heterocycles. The summed E-state index contributed by atoms with van der Waals surface area (Å²) in [6.45, 7) is 3.07. The zero-order valence-corrected chi connectivity index (χ0v) is 9.23. The number of ether oxygens (including phenoxy) is 1. The Bertz CT molecular complexity index is 381. The fourth-order valence-corrected chi connectivity index (χ4v) is 1.58. The molecule has 0 amide bonds. The summed E-state index contributed by atoms with van der Waals surface area (Å²) in [6.07, 6.45) is 2.55. The first-order valence-electron chi connectivity index (χ1n) is 5.53. The lowest BCUT2D eigenvalue weighted by atomic mass is 10.2. The van der Waals surface area contributed by atoms with Crippen LogP contribution in [-0.4, -0.2) is 29.3 Å². The maximum absolute atomic E-state index is 10.9. The van der Waals surface area contributed by atoms with Crippen LogP contribution < -0.4 is 0 Å². The molecule has 1 aromatic heterocycles. The van der Waals surface area contributed by atoms with E-state index >= 15 is 0 Å². The van der Waals surface area contributed by atoms with Gasteiger partial charge in [0.15, 0.2) is 5.89 Å². The quantitative estimate of drug-likeness (QED) is 0.748. The van der Waals surface area contributed by atoms with E-state index in [9.17, 15) is 4.79 Å². The van der Waals surface area contributed by atoms with Gasteiger partial charge in [-0.25, -0.2) is 9.78 Å². The Labute approximate surface area is 93.4 Å². The molecule has 1 aliphatic carbocycles. The molecule has 1 saturated carbocycles. The Morgan fingerprint density at radius 2 is 2.38 bits per heavy atom. The van der Waals surface area contributed by atoms with Crippen molar-refractivity contribution in [2.24, 2.45) is 0 Å². The van der Waals surface area contributed by atoms with Gasteiger partial charge in [-0.3, -0.25) is 0 Å². The van der Waals surface area contributed by atoms with E-state index < -0.39 is 5.97 Å². The number of carboxylic acids is 1. The maximum Gasteiger partial charge on any atom is 0.373 e. The lowest BCUT2D eigenvalue weighted by molar-refractivity contribution is 0.0657. The van der Waals surface area contributed by atoms with Crippen LogP contribution >= 0.6 is 0 Å². The molecule has 1 fully saturated rings. The van der Waals surface area contributed by atoms with E-state index in [1.54, 1.807) is 0 Å². The average molecular weight is 225 g/mol. The van der Waals surface area contributed by atoms with E-state index in [1.807, 2.05) is 6.92 Å². The Morgan fingerprint density at radius 3 is 2.94 bits per heavy atom. The molecule has 0 aliphatic heterocycles. The molecule has 0 spiro atoms. The third-order valence-electron chi connectivity index (χ3n) is 2.52. The smallest absolute Gasteiger partial charge is 0.373 e. The predicted octanol–water partition coefficient (Wildman–Crippen LogP) is 1.83. The Morgan fingerprint density at radius 1 is 1.62 bits per heavy atom. The van der Waals surface area contributed by atoms with Crippen molar-refractivity contribution < 1.29 is 19.1 Å². The zero-order valence-electron chi connectivity index (χ0n) is 9.23. The standard InChI is InChI=1S/C11H15NO4/c1-2-15-6-5-8-12-9(7-3-4-7)10(16-8)11(13)14/h7H,2-6H2,1H3,(H,13,14). The van der Waals surface area contributed by atoms with Gasteiger partial charge in [0.1, 0.15) is 0 Å². The van der Waals surface area contributed by atoms with Gasteiger partial charge >= 0.3 is 5.97 Å².